The number of benzene rings is 2. The second-order valence-corrected chi connectivity index (χ2v) is 7.86. The van der Waals surface area contributed by atoms with Crippen LogP contribution in [0.2, 0.25) is 10.0 Å². The van der Waals surface area contributed by atoms with Crippen LogP contribution in [0.5, 0.6) is 0 Å². The van der Waals surface area contributed by atoms with Crippen molar-refractivity contribution in [2.75, 3.05) is 36.8 Å². The molecule has 0 aromatic heterocycles. The van der Waals surface area contributed by atoms with Gasteiger partial charge in [0.2, 0.25) is 0 Å². The van der Waals surface area contributed by atoms with Crippen LogP contribution < -0.4 is 4.90 Å². The number of hydrogen-bond acceptors (Lipinski definition) is 3. The van der Waals surface area contributed by atoms with Gasteiger partial charge in [-0.3, -0.25) is 0 Å². The van der Waals surface area contributed by atoms with Crippen molar-refractivity contribution in [2.45, 2.75) is 5.75 Å². The summed E-state index contributed by atoms with van der Waals surface area (Å²) < 4.78 is 0. The van der Waals surface area contributed by atoms with Crippen LogP contribution in [-0.4, -0.2) is 36.8 Å². The number of anilines is 1. The Bertz CT molecular complexity index is 713. The molecule has 25 heavy (non-hydrogen) atoms. The van der Waals surface area contributed by atoms with Crippen LogP contribution in [0.15, 0.2) is 60.8 Å². The predicted molar refractivity (Wildman–Crippen MR) is 112 cm³/mol. The molecule has 5 heteroatoms. The number of nitrogens with zero attached hydrogens (tertiary/aromatic N) is 2. The van der Waals surface area contributed by atoms with Crippen molar-refractivity contribution in [2.24, 2.45) is 0 Å². The van der Waals surface area contributed by atoms with Crippen molar-refractivity contribution in [3.8, 4) is 0 Å². The van der Waals surface area contributed by atoms with Crippen LogP contribution in [0.1, 0.15) is 5.56 Å². The first-order valence-corrected chi connectivity index (χ1v) is 10.3. The summed E-state index contributed by atoms with van der Waals surface area (Å²) in [4.78, 5) is 4.68. The molecule has 0 atom stereocenters. The van der Waals surface area contributed by atoms with Gasteiger partial charge in [-0.05, 0) is 17.7 Å². The van der Waals surface area contributed by atoms with E-state index in [0.29, 0.717) is 10.0 Å². The standard InChI is InChI=1S/C20H22Cl2N2S/c1-16(14-25-15-17-6-3-2-4-7-17)23-10-12-24(13-11-23)19-9-5-8-18(21)20(19)22/h2-9H,1,10-15H2. The number of rotatable bonds is 6. The van der Waals surface area contributed by atoms with E-state index in [1.54, 1.807) is 0 Å². The molecular formula is C20H22Cl2N2S. The lowest BCUT2D eigenvalue weighted by atomic mass is 10.2. The Morgan fingerprint density at radius 2 is 1.68 bits per heavy atom. The van der Waals surface area contributed by atoms with E-state index in [9.17, 15) is 0 Å². The van der Waals surface area contributed by atoms with Crippen molar-refractivity contribution < 1.29 is 0 Å². The van der Waals surface area contributed by atoms with Gasteiger partial charge in [-0.2, -0.15) is 11.8 Å². The average Bonchev–Trinajstić information content (AvgIpc) is 2.65. The molecule has 1 fully saturated rings. The highest BCUT2D eigenvalue weighted by atomic mass is 35.5. The molecule has 1 aliphatic heterocycles. The van der Waals surface area contributed by atoms with Gasteiger partial charge < -0.3 is 9.80 Å². The third-order valence-corrected chi connectivity index (χ3v) is 6.26. The number of hydrogen-bond donors (Lipinski definition) is 0. The van der Waals surface area contributed by atoms with Gasteiger partial charge in [-0.25, -0.2) is 0 Å². The summed E-state index contributed by atoms with van der Waals surface area (Å²) in [6.45, 7) is 8.08. The van der Waals surface area contributed by atoms with Crippen molar-refractivity contribution in [1.29, 1.82) is 0 Å². The SMILES string of the molecule is C=C(CSCc1ccccc1)N1CCN(c2cccc(Cl)c2Cl)CC1. The van der Waals surface area contributed by atoms with Crippen molar-refractivity contribution in [3.05, 3.63) is 76.4 Å². The molecule has 132 valence electrons. The van der Waals surface area contributed by atoms with Crippen LogP contribution in [0.25, 0.3) is 0 Å². The van der Waals surface area contributed by atoms with Crippen LogP contribution in [-0.2, 0) is 5.75 Å². The Labute approximate surface area is 164 Å². The lowest BCUT2D eigenvalue weighted by Crippen LogP contribution is -2.46. The molecule has 1 aliphatic rings. The summed E-state index contributed by atoms with van der Waals surface area (Å²) in [6.07, 6.45) is 0. The van der Waals surface area contributed by atoms with Crippen molar-refractivity contribution >= 4 is 40.7 Å². The van der Waals surface area contributed by atoms with E-state index in [4.69, 9.17) is 23.2 Å². The third-order valence-electron chi connectivity index (χ3n) is 4.38. The molecule has 3 rings (SSSR count). The Morgan fingerprint density at radius 1 is 0.960 bits per heavy atom. The highest BCUT2D eigenvalue weighted by molar-refractivity contribution is 7.98. The van der Waals surface area contributed by atoms with E-state index < -0.39 is 0 Å². The molecule has 1 heterocycles. The fourth-order valence-electron chi connectivity index (χ4n) is 2.95. The predicted octanol–water partition coefficient (Wildman–Crippen LogP) is 5.56. The van der Waals surface area contributed by atoms with Gasteiger partial charge in [-0.1, -0.05) is 66.2 Å². The monoisotopic (exact) mass is 392 g/mol. The highest BCUT2D eigenvalue weighted by Gasteiger charge is 2.20. The number of thioether (sulfide) groups is 1. The van der Waals surface area contributed by atoms with E-state index in [2.05, 4.69) is 46.7 Å². The molecule has 2 aromatic carbocycles. The number of halogens is 2. The molecule has 0 bridgehead atoms. The maximum atomic E-state index is 6.34. The zero-order valence-electron chi connectivity index (χ0n) is 14.1. The second kappa shape index (κ2) is 8.88. The molecule has 0 N–H and O–H groups in total. The van der Waals surface area contributed by atoms with E-state index in [-0.39, 0.29) is 0 Å². The van der Waals surface area contributed by atoms with Crippen molar-refractivity contribution in [3.63, 3.8) is 0 Å². The molecular weight excluding hydrogens is 371 g/mol. The highest BCUT2D eigenvalue weighted by Crippen LogP contribution is 2.33. The molecule has 0 saturated carbocycles. The molecule has 0 unspecified atom stereocenters. The van der Waals surface area contributed by atoms with Gasteiger partial charge in [0, 0.05) is 43.4 Å². The summed E-state index contributed by atoms with van der Waals surface area (Å²) >= 11 is 14.4. The minimum Gasteiger partial charge on any atom is -0.371 e. The van der Waals surface area contributed by atoms with E-state index in [1.807, 2.05) is 30.0 Å². The molecule has 0 radical (unpaired) electrons. The Hall–Kier alpha value is -1.29. The zero-order chi connectivity index (χ0) is 17.6. The molecule has 0 spiro atoms. The van der Waals surface area contributed by atoms with E-state index in [1.165, 1.54) is 11.3 Å². The maximum absolute atomic E-state index is 6.34. The second-order valence-electron chi connectivity index (χ2n) is 6.09. The van der Waals surface area contributed by atoms with Gasteiger partial charge in [0.05, 0.1) is 15.7 Å². The smallest absolute Gasteiger partial charge is 0.0825 e. The lowest BCUT2D eigenvalue weighted by Gasteiger charge is -2.38. The fraction of sp³-hybridized carbons (Fsp3) is 0.300. The van der Waals surface area contributed by atoms with Gasteiger partial charge >= 0.3 is 0 Å². The van der Waals surface area contributed by atoms with Crippen LogP contribution in [0.4, 0.5) is 5.69 Å². The quantitative estimate of drug-likeness (QED) is 0.634. The van der Waals surface area contributed by atoms with Gasteiger partial charge in [-0.15, -0.1) is 0 Å². The molecule has 0 aliphatic carbocycles. The molecule has 2 aromatic rings. The van der Waals surface area contributed by atoms with Crippen molar-refractivity contribution in [1.82, 2.24) is 4.90 Å². The summed E-state index contributed by atoms with van der Waals surface area (Å²) in [6, 6.07) is 16.4. The Kier molecular flexibility index (Phi) is 6.57. The fourth-order valence-corrected chi connectivity index (χ4v) is 4.32. The summed E-state index contributed by atoms with van der Waals surface area (Å²) in [5, 5.41) is 1.26. The topological polar surface area (TPSA) is 6.48 Å². The summed E-state index contributed by atoms with van der Waals surface area (Å²) in [7, 11) is 0. The van der Waals surface area contributed by atoms with Crippen LogP contribution >= 0.6 is 35.0 Å². The lowest BCUT2D eigenvalue weighted by molar-refractivity contribution is 0.325. The largest absolute Gasteiger partial charge is 0.371 e. The normalized spacial score (nSPS) is 14.6. The van der Waals surface area contributed by atoms with Gasteiger partial charge in [0.15, 0.2) is 0 Å². The average molecular weight is 393 g/mol. The van der Waals surface area contributed by atoms with E-state index in [0.717, 1.165) is 43.4 Å². The molecule has 1 saturated heterocycles. The van der Waals surface area contributed by atoms with Gasteiger partial charge in [0.1, 0.15) is 0 Å². The zero-order valence-corrected chi connectivity index (χ0v) is 16.5. The summed E-state index contributed by atoms with van der Waals surface area (Å²) in [5.74, 6) is 1.99. The Balaban J connectivity index is 1.47. The Morgan fingerprint density at radius 3 is 2.40 bits per heavy atom. The maximum Gasteiger partial charge on any atom is 0.0825 e. The summed E-state index contributed by atoms with van der Waals surface area (Å²) in [5.41, 5.74) is 3.59. The minimum absolute atomic E-state index is 0.614. The van der Waals surface area contributed by atoms with Crippen LogP contribution in [0.3, 0.4) is 0 Å². The van der Waals surface area contributed by atoms with Gasteiger partial charge in [0.25, 0.3) is 0 Å². The molecule has 0 amide bonds. The first kappa shape index (κ1) is 18.5. The third kappa shape index (κ3) is 4.87. The molecule has 2 nitrogen and oxygen atoms in total. The van der Waals surface area contributed by atoms with E-state index >= 15 is 0 Å². The van der Waals surface area contributed by atoms with Crippen LogP contribution in [0, 0.1) is 0 Å². The first-order chi connectivity index (χ1) is 12.1. The first-order valence-electron chi connectivity index (χ1n) is 8.38. The minimum atomic E-state index is 0.614. The number of piperazine rings is 1.